The summed E-state index contributed by atoms with van der Waals surface area (Å²) < 4.78 is 15.6. The van der Waals surface area contributed by atoms with E-state index in [1.54, 1.807) is 14.2 Å². The molecule has 0 fully saturated rings. The first kappa shape index (κ1) is 17.8. The molecule has 0 aliphatic carbocycles. The monoisotopic (exact) mass is 297 g/mol. The van der Waals surface area contributed by atoms with Crippen LogP contribution in [0.2, 0.25) is 0 Å². The zero-order valence-corrected chi connectivity index (χ0v) is 13.0. The summed E-state index contributed by atoms with van der Waals surface area (Å²) in [5.41, 5.74) is 0. The molecule has 1 unspecified atom stereocenters. The van der Waals surface area contributed by atoms with Crippen LogP contribution >= 0.6 is 0 Å². The molecule has 0 aliphatic rings. The summed E-state index contributed by atoms with van der Waals surface area (Å²) in [5, 5.41) is 13.0. The van der Waals surface area contributed by atoms with Crippen molar-refractivity contribution in [1.29, 1.82) is 0 Å². The van der Waals surface area contributed by atoms with Crippen LogP contribution < -0.4 is 14.8 Å². The standard InChI is InChI=1S/C16H27NO4/c1-19-11-5-3-4-10-17-12-14(18)13-21-16-8-6-15(20-2)7-9-16/h6-9,14,17-18H,3-5,10-13H2,1-2H3. The molecule has 21 heavy (non-hydrogen) atoms. The van der Waals surface area contributed by atoms with Crippen molar-refractivity contribution in [3.8, 4) is 11.5 Å². The van der Waals surface area contributed by atoms with Crippen LogP contribution in [-0.2, 0) is 4.74 Å². The number of benzene rings is 1. The number of unbranched alkanes of at least 4 members (excludes halogenated alkanes) is 2. The average Bonchev–Trinajstić information content (AvgIpc) is 2.52. The minimum Gasteiger partial charge on any atom is -0.497 e. The molecular formula is C16H27NO4. The third-order valence-corrected chi connectivity index (χ3v) is 3.08. The summed E-state index contributed by atoms with van der Waals surface area (Å²) in [7, 11) is 3.35. The molecule has 1 rings (SSSR count). The maximum Gasteiger partial charge on any atom is 0.119 e. The fourth-order valence-corrected chi connectivity index (χ4v) is 1.87. The van der Waals surface area contributed by atoms with Gasteiger partial charge in [-0.2, -0.15) is 0 Å². The summed E-state index contributed by atoms with van der Waals surface area (Å²) in [6.07, 6.45) is 2.81. The van der Waals surface area contributed by atoms with E-state index in [1.807, 2.05) is 24.3 Å². The van der Waals surface area contributed by atoms with E-state index in [1.165, 1.54) is 0 Å². The summed E-state index contributed by atoms with van der Waals surface area (Å²) >= 11 is 0. The third-order valence-electron chi connectivity index (χ3n) is 3.08. The molecule has 0 bridgehead atoms. The van der Waals surface area contributed by atoms with Gasteiger partial charge in [0, 0.05) is 20.3 Å². The molecule has 0 saturated heterocycles. The molecule has 0 amide bonds. The van der Waals surface area contributed by atoms with Crippen molar-refractivity contribution in [2.24, 2.45) is 0 Å². The van der Waals surface area contributed by atoms with E-state index >= 15 is 0 Å². The van der Waals surface area contributed by atoms with Gasteiger partial charge in [0.25, 0.3) is 0 Å². The van der Waals surface area contributed by atoms with E-state index in [0.717, 1.165) is 43.9 Å². The Labute approximate surface area is 127 Å². The second-order valence-electron chi connectivity index (χ2n) is 4.90. The Balaban J connectivity index is 2.03. The largest absolute Gasteiger partial charge is 0.497 e. The lowest BCUT2D eigenvalue weighted by Gasteiger charge is -2.13. The second-order valence-corrected chi connectivity index (χ2v) is 4.90. The van der Waals surface area contributed by atoms with E-state index in [4.69, 9.17) is 14.2 Å². The molecule has 1 aromatic carbocycles. The molecule has 0 aromatic heterocycles. The molecule has 1 atom stereocenters. The van der Waals surface area contributed by atoms with Gasteiger partial charge < -0.3 is 24.6 Å². The van der Waals surface area contributed by atoms with Crippen molar-refractivity contribution in [2.45, 2.75) is 25.4 Å². The quantitative estimate of drug-likeness (QED) is 0.577. The second kappa shape index (κ2) is 11.4. The van der Waals surface area contributed by atoms with Gasteiger partial charge in [-0.25, -0.2) is 0 Å². The van der Waals surface area contributed by atoms with E-state index in [-0.39, 0.29) is 6.61 Å². The summed E-state index contributed by atoms with van der Waals surface area (Å²) in [6.45, 7) is 2.55. The minimum atomic E-state index is -0.508. The van der Waals surface area contributed by atoms with Crippen LogP contribution in [0.4, 0.5) is 0 Å². The zero-order valence-electron chi connectivity index (χ0n) is 13.0. The molecule has 120 valence electrons. The van der Waals surface area contributed by atoms with Crippen molar-refractivity contribution >= 4 is 0 Å². The third kappa shape index (κ3) is 8.55. The lowest BCUT2D eigenvalue weighted by Crippen LogP contribution is -2.32. The number of methoxy groups -OCH3 is 2. The number of nitrogens with one attached hydrogen (secondary N) is 1. The Morgan fingerprint density at radius 1 is 1.05 bits per heavy atom. The zero-order chi connectivity index (χ0) is 15.3. The van der Waals surface area contributed by atoms with Crippen molar-refractivity contribution in [2.75, 3.05) is 40.5 Å². The lowest BCUT2D eigenvalue weighted by atomic mass is 10.2. The smallest absolute Gasteiger partial charge is 0.119 e. The average molecular weight is 297 g/mol. The first-order valence-electron chi connectivity index (χ1n) is 7.41. The first-order valence-corrected chi connectivity index (χ1v) is 7.41. The maximum absolute atomic E-state index is 9.82. The van der Waals surface area contributed by atoms with E-state index < -0.39 is 6.10 Å². The highest BCUT2D eigenvalue weighted by atomic mass is 16.5. The van der Waals surface area contributed by atoms with Gasteiger partial charge in [0.05, 0.1) is 7.11 Å². The van der Waals surface area contributed by atoms with Crippen LogP contribution in [0.15, 0.2) is 24.3 Å². The van der Waals surface area contributed by atoms with Crippen molar-refractivity contribution in [3.05, 3.63) is 24.3 Å². The van der Waals surface area contributed by atoms with Crippen LogP contribution in [0.1, 0.15) is 19.3 Å². The van der Waals surface area contributed by atoms with Gasteiger partial charge in [-0.15, -0.1) is 0 Å². The number of hydrogen-bond acceptors (Lipinski definition) is 5. The summed E-state index contributed by atoms with van der Waals surface area (Å²) in [5.74, 6) is 1.52. The molecule has 5 nitrogen and oxygen atoms in total. The highest BCUT2D eigenvalue weighted by Crippen LogP contribution is 2.16. The normalized spacial score (nSPS) is 12.1. The van der Waals surface area contributed by atoms with E-state index in [0.29, 0.717) is 6.54 Å². The summed E-state index contributed by atoms with van der Waals surface area (Å²) in [6, 6.07) is 7.32. The Bertz CT molecular complexity index is 356. The van der Waals surface area contributed by atoms with Gasteiger partial charge in [-0.05, 0) is 50.1 Å². The predicted octanol–water partition coefficient (Wildman–Crippen LogP) is 1.84. The number of hydrogen-bond donors (Lipinski definition) is 2. The SMILES string of the molecule is COCCCCCNCC(O)COc1ccc(OC)cc1. The van der Waals surface area contributed by atoms with Gasteiger partial charge in [0.1, 0.15) is 24.2 Å². The molecular weight excluding hydrogens is 270 g/mol. The van der Waals surface area contributed by atoms with Crippen molar-refractivity contribution < 1.29 is 19.3 Å². The molecule has 0 aliphatic heterocycles. The first-order chi connectivity index (χ1) is 10.3. The van der Waals surface area contributed by atoms with Crippen LogP contribution in [0, 0.1) is 0 Å². The van der Waals surface area contributed by atoms with Gasteiger partial charge in [0.15, 0.2) is 0 Å². The van der Waals surface area contributed by atoms with Gasteiger partial charge in [-0.1, -0.05) is 0 Å². The molecule has 5 heteroatoms. The van der Waals surface area contributed by atoms with Crippen LogP contribution in [-0.4, -0.2) is 51.7 Å². The van der Waals surface area contributed by atoms with Crippen molar-refractivity contribution in [1.82, 2.24) is 5.32 Å². The van der Waals surface area contributed by atoms with Crippen LogP contribution in [0.3, 0.4) is 0 Å². The van der Waals surface area contributed by atoms with Gasteiger partial charge in [0.2, 0.25) is 0 Å². The number of ether oxygens (including phenoxy) is 3. The van der Waals surface area contributed by atoms with Crippen LogP contribution in [0.5, 0.6) is 11.5 Å². The Morgan fingerprint density at radius 2 is 1.76 bits per heavy atom. The topological polar surface area (TPSA) is 60.0 Å². The molecule has 0 radical (unpaired) electrons. The summed E-state index contributed by atoms with van der Waals surface area (Å²) in [4.78, 5) is 0. The molecule has 2 N–H and O–H groups in total. The molecule has 0 spiro atoms. The van der Waals surface area contributed by atoms with Gasteiger partial charge in [-0.3, -0.25) is 0 Å². The Hall–Kier alpha value is -1.30. The predicted molar refractivity (Wildman–Crippen MR) is 83.1 cm³/mol. The number of aliphatic hydroxyl groups is 1. The minimum absolute atomic E-state index is 0.281. The maximum atomic E-state index is 9.82. The lowest BCUT2D eigenvalue weighted by molar-refractivity contribution is 0.106. The molecule has 0 heterocycles. The highest BCUT2D eigenvalue weighted by Gasteiger charge is 2.04. The molecule has 1 aromatic rings. The fraction of sp³-hybridized carbons (Fsp3) is 0.625. The molecule has 0 saturated carbocycles. The Morgan fingerprint density at radius 3 is 2.43 bits per heavy atom. The Kier molecular flexibility index (Phi) is 9.61. The fourth-order valence-electron chi connectivity index (χ4n) is 1.87. The highest BCUT2D eigenvalue weighted by molar-refractivity contribution is 5.31. The number of aliphatic hydroxyl groups excluding tert-OH is 1. The van der Waals surface area contributed by atoms with Crippen molar-refractivity contribution in [3.63, 3.8) is 0 Å². The van der Waals surface area contributed by atoms with Gasteiger partial charge >= 0.3 is 0 Å². The van der Waals surface area contributed by atoms with E-state index in [9.17, 15) is 5.11 Å². The van der Waals surface area contributed by atoms with Crippen LogP contribution in [0.25, 0.3) is 0 Å². The number of rotatable bonds is 12. The van der Waals surface area contributed by atoms with E-state index in [2.05, 4.69) is 5.32 Å².